The molecule has 0 spiro atoms. The maximum atomic E-state index is 12.7. The van der Waals surface area contributed by atoms with Gasteiger partial charge in [0, 0.05) is 25.3 Å². The first-order valence-corrected chi connectivity index (χ1v) is 8.72. The third-order valence-electron chi connectivity index (χ3n) is 5.02. The summed E-state index contributed by atoms with van der Waals surface area (Å²) in [6, 6.07) is 0.701. The van der Waals surface area contributed by atoms with Gasteiger partial charge in [-0.05, 0) is 37.5 Å². The van der Waals surface area contributed by atoms with E-state index >= 15 is 0 Å². The molecule has 1 heterocycles. The monoisotopic (exact) mass is 296 g/mol. The smallest absolute Gasteiger partial charge is 0.237 e. The SMILES string of the molecule is CC(C)[C@H](NC1CCOCC1)C(=O)N[C@@H]1CCCC[C@H]1C. The third-order valence-corrected chi connectivity index (χ3v) is 5.02. The molecule has 122 valence electrons. The summed E-state index contributed by atoms with van der Waals surface area (Å²) in [6.45, 7) is 8.13. The van der Waals surface area contributed by atoms with E-state index in [0.29, 0.717) is 23.9 Å². The van der Waals surface area contributed by atoms with Crippen LogP contribution in [0.1, 0.15) is 59.3 Å². The van der Waals surface area contributed by atoms with Gasteiger partial charge in [0.25, 0.3) is 0 Å². The molecule has 0 unspecified atom stereocenters. The van der Waals surface area contributed by atoms with Gasteiger partial charge in [0.2, 0.25) is 5.91 Å². The maximum Gasteiger partial charge on any atom is 0.237 e. The van der Waals surface area contributed by atoms with Crippen LogP contribution in [0.25, 0.3) is 0 Å². The summed E-state index contributed by atoms with van der Waals surface area (Å²) in [5.74, 6) is 1.11. The molecule has 0 aromatic heterocycles. The number of carbonyl (C=O) groups is 1. The van der Waals surface area contributed by atoms with Gasteiger partial charge in [-0.3, -0.25) is 4.79 Å². The molecule has 3 atom stereocenters. The topological polar surface area (TPSA) is 50.4 Å². The van der Waals surface area contributed by atoms with Crippen LogP contribution in [0.3, 0.4) is 0 Å². The standard InChI is InChI=1S/C17H32N2O2/c1-12(2)16(18-14-8-10-21-11-9-14)17(20)19-15-7-5-4-6-13(15)3/h12-16,18H,4-11H2,1-3H3,(H,19,20)/t13-,15-,16+/m1/s1. The van der Waals surface area contributed by atoms with E-state index in [0.717, 1.165) is 32.5 Å². The Morgan fingerprint density at radius 1 is 1.10 bits per heavy atom. The molecule has 2 N–H and O–H groups in total. The zero-order valence-electron chi connectivity index (χ0n) is 13.9. The van der Waals surface area contributed by atoms with Gasteiger partial charge in [-0.2, -0.15) is 0 Å². The molecule has 1 aliphatic carbocycles. The van der Waals surface area contributed by atoms with Crippen LogP contribution in [0, 0.1) is 11.8 Å². The average molecular weight is 296 g/mol. The first kappa shape index (κ1) is 16.8. The van der Waals surface area contributed by atoms with Crippen molar-refractivity contribution in [2.75, 3.05) is 13.2 Å². The first-order valence-electron chi connectivity index (χ1n) is 8.72. The Hall–Kier alpha value is -0.610. The van der Waals surface area contributed by atoms with Crippen molar-refractivity contribution in [2.45, 2.75) is 77.4 Å². The van der Waals surface area contributed by atoms with E-state index in [1.54, 1.807) is 0 Å². The molecule has 21 heavy (non-hydrogen) atoms. The lowest BCUT2D eigenvalue weighted by Gasteiger charge is -2.34. The number of rotatable bonds is 5. The van der Waals surface area contributed by atoms with Crippen LogP contribution in [0.2, 0.25) is 0 Å². The zero-order chi connectivity index (χ0) is 15.2. The molecule has 2 rings (SSSR count). The molecule has 4 nitrogen and oxygen atoms in total. The lowest BCUT2D eigenvalue weighted by Crippen LogP contribution is -2.55. The van der Waals surface area contributed by atoms with Crippen LogP contribution >= 0.6 is 0 Å². The molecule has 1 aliphatic heterocycles. The van der Waals surface area contributed by atoms with Crippen LogP contribution in [0.5, 0.6) is 0 Å². The number of nitrogens with one attached hydrogen (secondary N) is 2. The molecule has 2 aliphatic rings. The van der Waals surface area contributed by atoms with Gasteiger partial charge in [0.1, 0.15) is 0 Å². The highest BCUT2D eigenvalue weighted by atomic mass is 16.5. The van der Waals surface area contributed by atoms with Crippen molar-refractivity contribution in [1.82, 2.24) is 10.6 Å². The molecule has 0 radical (unpaired) electrons. The summed E-state index contributed by atoms with van der Waals surface area (Å²) in [5, 5.41) is 6.87. The average Bonchev–Trinajstić information content (AvgIpc) is 2.48. The highest BCUT2D eigenvalue weighted by Gasteiger charge is 2.29. The van der Waals surface area contributed by atoms with Gasteiger partial charge >= 0.3 is 0 Å². The largest absolute Gasteiger partial charge is 0.381 e. The fourth-order valence-corrected chi connectivity index (χ4v) is 3.49. The Morgan fingerprint density at radius 2 is 1.76 bits per heavy atom. The quantitative estimate of drug-likeness (QED) is 0.819. The number of carbonyl (C=O) groups excluding carboxylic acids is 1. The van der Waals surface area contributed by atoms with Crippen molar-refractivity contribution in [1.29, 1.82) is 0 Å². The highest BCUT2D eigenvalue weighted by molar-refractivity contribution is 5.82. The molecule has 1 saturated heterocycles. The van der Waals surface area contributed by atoms with Crippen LogP contribution in [-0.4, -0.2) is 37.2 Å². The van der Waals surface area contributed by atoms with Crippen LogP contribution < -0.4 is 10.6 Å². The summed E-state index contributed by atoms with van der Waals surface area (Å²) in [4.78, 5) is 12.7. The maximum absolute atomic E-state index is 12.7. The van der Waals surface area contributed by atoms with Crippen molar-refractivity contribution in [3.8, 4) is 0 Å². The molecular weight excluding hydrogens is 264 g/mol. The van der Waals surface area contributed by atoms with Crippen LogP contribution in [0.15, 0.2) is 0 Å². The molecule has 4 heteroatoms. The summed E-state index contributed by atoms with van der Waals surface area (Å²) in [7, 11) is 0. The molecule has 0 bridgehead atoms. The van der Waals surface area contributed by atoms with E-state index in [1.807, 2.05) is 0 Å². The predicted octanol–water partition coefficient (Wildman–Crippen LogP) is 2.47. The van der Waals surface area contributed by atoms with Gasteiger partial charge in [-0.25, -0.2) is 0 Å². The van der Waals surface area contributed by atoms with Gasteiger partial charge in [-0.15, -0.1) is 0 Å². The minimum Gasteiger partial charge on any atom is -0.381 e. The summed E-state index contributed by atoms with van der Waals surface area (Å²) in [5.41, 5.74) is 0. The Kier molecular flexibility index (Phi) is 6.49. The molecule has 1 amide bonds. The molecule has 2 fully saturated rings. The summed E-state index contributed by atoms with van der Waals surface area (Å²) >= 11 is 0. The summed E-state index contributed by atoms with van der Waals surface area (Å²) in [6.07, 6.45) is 6.95. The van der Waals surface area contributed by atoms with E-state index in [-0.39, 0.29) is 11.9 Å². The zero-order valence-corrected chi connectivity index (χ0v) is 13.9. The lowest BCUT2D eigenvalue weighted by molar-refractivity contribution is -0.126. The molecule has 0 aromatic carbocycles. The number of hydrogen-bond donors (Lipinski definition) is 2. The Labute approximate surface area is 129 Å². The second-order valence-electron chi connectivity index (χ2n) is 7.15. The summed E-state index contributed by atoms with van der Waals surface area (Å²) < 4.78 is 5.40. The highest BCUT2D eigenvalue weighted by Crippen LogP contribution is 2.24. The van der Waals surface area contributed by atoms with Crippen molar-refractivity contribution in [3.63, 3.8) is 0 Å². The van der Waals surface area contributed by atoms with E-state index in [1.165, 1.54) is 19.3 Å². The van der Waals surface area contributed by atoms with Crippen molar-refractivity contribution in [3.05, 3.63) is 0 Å². The lowest BCUT2D eigenvalue weighted by atomic mass is 9.85. The van der Waals surface area contributed by atoms with Gasteiger partial charge in [-0.1, -0.05) is 33.6 Å². The third kappa shape index (κ3) is 4.96. The van der Waals surface area contributed by atoms with Gasteiger partial charge in [0.15, 0.2) is 0 Å². The van der Waals surface area contributed by atoms with Crippen molar-refractivity contribution in [2.24, 2.45) is 11.8 Å². The number of amides is 1. The predicted molar refractivity (Wildman–Crippen MR) is 85.2 cm³/mol. The van der Waals surface area contributed by atoms with E-state index in [4.69, 9.17) is 4.74 Å². The Bertz CT molecular complexity index is 327. The number of hydrogen-bond acceptors (Lipinski definition) is 3. The Balaban J connectivity index is 1.88. The van der Waals surface area contributed by atoms with Crippen molar-refractivity contribution >= 4 is 5.91 Å². The minimum absolute atomic E-state index is 0.0813. The van der Waals surface area contributed by atoms with Crippen molar-refractivity contribution < 1.29 is 9.53 Å². The fraction of sp³-hybridized carbons (Fsp3) is 0.941. The fourth-order valence-electron chi connectivity index (χ4n) is 3.49. The van der Waals surface area contributed by atoms with Crippen LogP contribution in [-0.2, 0) is 9.53 Å². The second kappa shape index (κ2) is 8.14. The second-order valence-corrected chi connectivity index (χ2v) is 7.15. The van der Waals surface area contributed by atoms with E-state index < -0.39 is 0 Å². The molecule has 0 aromatic rings. The minimum atomic E-state index is -0.0813. The normalized spacial score (nSPS) is 29.3. The molecule has 1 saturated carbocycles. The number of ether oxygens (including phenoxy) is 1. The van der Waals surface area contributed by atoms with Gasteiger partial charge in [0.05, 0.1) is 6.04 Å². The first-order chi connectivity index (χ1) is 10.1. The van der Waals surface area contributed by atoms with E-state index in [9.17, 15) is 4.79 Å². The van der Waals surface area contributed by atoms with Crippen LogP contribution in [0.4, 0.5) is 0 Å². The molecular formula is C17H32N2O2. The van der Waals surface area contributed by atoms with E-state index in [2.05, 4.69) is 31.4 Å². The Morgan fingerprint density at radius 3 is 2.38 bits per heavy atom. The van der Waals surface area contributed by atoms with Gasteiger partial charge < -0.3 is 15.4 Å².